The van der Waals surface area contributed by atoms with Crippen LogP contribution in [0.25, 0.3) is 0 Å². The molecule has 0 fully saturated rings. The Morgan fingerprint density at radius 3 is 2.32 bits per heavy atom. The lowest BCUT2D eigenvalue weighted by molar-refractivity contribution is -0.132. The van der Waals surface area contributed by atoms with Gasteiger partial charge in [0.2, 0.25) is 0 Å². The summed E-state index contributed by atoms with van der Waals surface area (Å²) >= 11 is 1.30. The van der Waals surface area contributed by atoms with E-state index in [-0.39, 0.29) is 21.9 Å². The maximum absolute atomic E-state index is 12.3. The van der Waals surface area contributed by atoms with Gasteiger partial charge in [-0.1, -0.05) is 41.0 Å². The molecule has 6 nitrogen and oxygen atoms in total. The topological polar surface area (TPSA) is 66.2 Å². The van der Waals surface area contributed by atoms with Crippen molar-refractivity contribution in [2.45, 2.75) is 109 Å². The van der Waals surface area contributed by atoms with E-state index in [1.807, 2.05) is 23.0 Å². The second-order valence-electron chi connectivity index (χ2n) is 11.0. The van der Waals surface area contributed by atoms with Gasteiger partial charge in [-0.05, 0) is 73.4 Å². The highest BCUT2D eigenvalue weighted by atomic mass is 32.2. The lowest BCUT2D eigenvalue weighted by atomic mass is 9.97. The van der Waals surface area contributed by atoms with E-state index < -0.39 is 0 Å². The van der Waals surface area contributed by atoms with E-state index in [0.29, 0.717) is 26.0 Å². The van der Waals surface area contributed by atoms with E-state index in [9.17, 15) is 4.79 Å². The first-order valence-corrected chi connectivity index (χ1v) is 13.1. The monoisotopic (exact) mass is 487 g/mol. The smallest absolute Gasteiger partial charge is 0.194 e. The molecule has 1 aromatic heterocycles. The molecule has 0 saturated carbocycles. The molecule has 0 atom stereocenters. The summed E-state index contributed by atoms with van der Waals surface area (Å²) in [5, 5.41) is 8.62. The standard InChI is InChI=1S/C26H42BN3O3S/c1-24(2,3)33-26(6,7)15-17-32-25(4,5)14-16-30-19-21(28-29-30)10-13-23(31)34-22-11-8-20(18-27)9-12-22/h8-9,11-12,19H,10,13-18,27H2,1-7H3. The average Bonchev–Trinajstić information content (AvgIpc) is 3.17. The summed E-state index contributed by atoms with van der Waals surface area (Å²) in [6.45, 7) is 16.0. The van der Waals surface area contributed by atoms with Gasteiger partial charge in [0.05, 0.1) is 29.1 Å². The zero-order valence-corrected chi connectivity index (χ0v) is 23.1. The normalized spacial score (nSPS) is 12.8. The number of hydrogen-bond donors (Lipinski definition) is 0. The molecule has 0 bridgehead atoms. The molecule has 2 rings (SSSR count). The number of carbonyl (C=O) groups is 1. The second kappa shape index (κ2) is 12.4. The van der Waals surface area contributed by atoms with Crippen molar-refractivity contribution in [1.82, 2.24) is 15.0 Å². The molecule has 0 N–H and O–H groups in total. The molecule has 0 amide bonds. The summed E-state index contributed by atoms with van der Waals surface area (Å²) in [5.74, 6) is 0. The Morgan fingerprint density at radius 2 is 1.71 bits per heavy atom. The van der Waals surface area contributed by atoms with Crippen LogP contribution in [0.2, 0.25) is 0 Å². The molecule has 188 valence electrons. The van der Waals surface area contributed by atoms with Crippen LogP contribution in [-0.4, -0.2) is 51.4 Å². The summed E-state index contributed by atoms with van der Waals surface area (Å²) in [6.07, 6.45) is 5.63. The molecule has 1 aromatic carbocycles. The Balaban J connectivity index is 1.72. The third-order valence-corrected chi connectivity index (χ3v) is 6.40. The van der Waals surface area contributed by atoms with Crippen molar-refractivity contribution >= 4 is 24.7 Å². The molecule has 0 aliphatic rings. The Morgan fingerprint density at radius 1 is 1.03 bits per heavy atom. The number of thioether (sulfide) groups is 1. The molecule has 2 aromatic rings. The van der Waals surface area contributed by atoms with Crippen LogP contribution in [0.3, 0.4) is 0 Å². The van der Waals surface area contributed by atoms with Gasteiger partial charge >= 0.3 is 0 Å². The number of aryl methyl sites for hydroxylation is 2. The summed E-state index contributed by atoms with van der Waals surface area (Å²) in [4.78, 5) is 13.3. The minimum absolute atomic E-state index is 0.145. The van der Waals surface area contributed by atoms with Crippen LogP contribution in [0.5, 0.6) is 0 Å². The molecule has 34 heavy (non-hydrogen) atoms. The average molecular weight is 488 g/mol. The van der Waals surface area contributed by atoms with Crippen molar-refractivity contribution in [1.29, 1.82) is 0 Å². The predicted octanol–water partition coefficient (Wildman–Crippen LogP) is 4.83. The molecule has 0 unspecified atom stereocenters. The van der Waals surface area contributed by atoms with Gasteiger partial charge in [-0.3, -0.25) is 9.48 Å². The maximum Gasteiger partial charge on any atom is 0.194 e. The van der Waals surface area contributed by atoms with E-state index in [1.54, 1.807) is 0 Å². The zero-order valence-electron chi connectivity index (χ0n) is 22.3. The second-order valence-corrected chi connectivity index (χ2v) is 12.2. The van der Waals surface area contributed by atoms with Crippen molar-refractivity contribution < 1.29 is 14.3 Å². The third kappa shape index (κ3) is 11.2. The van der Waals surface area contributed by atoms with Gasteiger partial charge in [-0.2, -0.15) is 0 Å². The Hall–Kier alpha value is -1.64. The van der Waals surface area contributed by atoms with Gasteiger partial charge in [-0.15, -0.1) is 5.10 Å². The minimum atomic E-state index is -0.274. The lowest BCUT2D eigenvalue weighted by Gasteiger charge is -2.35. The molecule has 1 heterocycles. The van der Waals surface area contributed by atoms with E-state index >= 15 is 0 Å². The number of hydrogen-bond acceptors (Lipinski definition) is 6. The van der Waals surface area contributed by atoms with Gasteiger partial charge in [0, 0.05) is 30.5 Å². The van der Waals surface area contributed by atoms with Crippen LogP contribution in [0.15, 0.2) is 35.4 Å². The fourth-order valence-electron chi connectivity index (χ4n) is 3.68. The first kappa shape index (κ1) is 28.6. The Kier molecular flexibility index (Phi) is 10.4. The highest BCUT2D eigenvalue weighted by Gasteiger charge is 2.27. The van der Waals surface area contributed by atoms with Crippen LogP contribution in [0, 0.1) is 0 Å². The number of benzene rings is 1. The Bertz CT molecular complexity index is 905. The lowest BCUT2D eigenvalue weighted by Crippen LogP contribution is -2.37. The predicted molar refractivity (Wildman–Crippen MR) is 142 cm³/mol. The van der Waals surface area contributed by atoms with Gasteiger partial charge in [0.1, 0.15) is 7.85 Å². The Labute approximate surface area is 211 Å². The summed E-state index contributed by atoms with van der Waals surface area (Å²) in [7, 11) is 2.12. The van der Waals surface area contributed by atoms with E-state index in [4.69, 9.17) is 9.47 Å². The van der Waals surface area contributed by atoms with Crippen molar-refractivity contribution in [3.05, 3.63) is 41.7 Å². The number of carbonyl (C=O) groups excluding carboxylic acids is 1. The molecule has 0 aliphatic carbocycles. The molecule has 0 spiro atoms. The summed E-state index contributed by atoms with van der Waals surface area (Å²) in [5.41, 5.74) is 1.44. The zero-order chi connectivity index (χ0) is 25.4. The van der Waals surface area contributed by atoms with Crippen molar-refractivity contribution in [3.63, 3.8) is 0 Å². The fraction of sp³-hybridized carbons (Fsp3) is 0.654. The van der Waals surface area contributed by atoms with Crippen molar-refractivity contribution in [2.24, 2.45) is 0 Å². The van der Waals surface area contributed by atoms with Gasteiger partial charge in [-0.25, -0.2) is 0 Å². The van der Waals surface area contributed by atoms with E-state index in [2.05, 4.69) is 78.8 Å². The fourth-order valence-corrected chi connectivity index (χ4v) is 4.42. The maximum atomic E-state index is 12.3. The van der Waals surface area contributed by atoms with E-state index in [1.165, 1.54) is 17.3 Å². The third-order valence-electron chi connectivity index (χ3n) is 5.46. The van der Waals surface area contributed by atoms with Crippen LogP contribution >= 0.6 is 11.8 Å². The summed E-state index contributed by atoms with van der Waals surface area (Å²) < 4.78 is 14.1. The van der Waals surface area contributed by atoms with Crippen molar-refractivity contribution in [3.8, 4) is 0 Å². The highest BCUT2D eigenvalue weighted by Crippen LogP contribution is 2.25. The largest absolute Gasteiger partial charge is 0.375 e. The number of ether oxygens (including phenoxy) is 2. The van der Waals surface area contributed by atoms with Gasteiger partial charge in [0.25, 0.3) is 0 Å². The minimum Gasteiger partial charge on any atom is -0.375 e. The van der Waals surface area contributed by atoms with Crippen LogP contribution in [0.4, 0.5) is 0 Å². The number of nitrogens with zero attached hydrogens (tertiary/aromatic N) is 3. The first-order chi connectivity index (χ1) is 15.8. The quantitative estimate of drug-likeness (QED) is 0.298. The van der Waals surface area contributed by atoms with Crippen LogP contribution in [-0.2, 0) is 33.6 Å². The first-order valence-electron chi connectivity index (χ1n) is 12.3. The molecule has 0 saturated heterocycles. The molecule has 0 aliphatic heterocycles. The van der Waals surface area contributed by atoms with Gasteiger partial charge < -0.3 is 9.47 Å². The number of aromatic nitrogens is 3. The molecule has 0 radical (unpaired) electrons. The van der Waals surface area contributed by atoms with Crippen LogP contribution < -0.4 is 0 Å². The molecular formula is C26H42BN3O3S. The van der Waals surface area contributed by atoms with E-state index in [0.717, 1.165) is 29.8 Å². The van der Waals surface area contributed by atoms with Crippen LogP contribution in [0.1, 0.15) is 79.0 Å². The van der Waals surface area contributed by atoms with Crippen molar-refractivity contribution in [2.75, 3.05) is 6.61 Å². The molecular weight excluding hydrogens is 445 g/mol. The SMILES string of the molecule is BCc1ccc(SC(=O)CCc2cn(CCC(C)(C)OCCC(C)(C)OC(C)(C)C)nn2)cc1. The number of rotatable bonds is 13. The highest BCUT2D eigenvalue weighted by molar-refractivity contribution is 8.13. The summed E-state index contributed by atoms with van der Waals surface area (Å²) in [6, 6.07) is 8.18. The van der Waals surface area contributed by atoms with Gasteiger partial charge in [0.15, 0.2) is 5.12 Å². The molecule has 8 heteroatoms.